The second-order valence-corrected chi connectivity index (χ2v) is 7.57. The van der Waals surface area contributed by atoms with Crippen molar-refractivity contribution >= 4 is 22.8 Å². The lowest BCUT2D eigenvalue weighted by Gasteiger charge is -2.16. The number of nitrogens with one attached hydrogen (secondary N) is 3. The smallest absolute Gasteiger partial charge is 0.191 e. The second-order valence-electron chi connectivity index (χ2n) is 7.57. The number of anilines is 1. The van der Waals surface area contributed by atoms with Crippen molar-refractivity contribution in [2.24, 2.45) is 12.0 Å². The highest BCUT2D eigenvalue weighted by Gasteiger charge is 2.44. The molecule has 0 radical (unpaired) electrons. The number of aliphatic imine (C=N–C) groups is 1. The van der Waals surface area contributed by atoms with E-state index in [-0.39, 0.29) is 11.2 Å². The van der Waals surface area contributed by atoms with Gasteiger partial charge < -0.3 is 16.0 Å². The Kier molecular flexibility index (Phi) is 5.78. The molecule has 3 N–H and O–H groups in total. The Morgan fingerprint density at radius 2 is 2.10 bits per heavy atom. The van der Waals surface area contributed by atoms with E-state index in [0.29, 0.717) is 19.6 Å². The Morgan fingerprint density at radius 1 is 1.23 bits per heavy atom. The molecule has 158 valence electrons. The molecule has 0 bridgehead atoms. The van der Waals surface area contributed by atoms with Crippen LogP contribution < -0.4 is 16.0 Å². The zero-order valence-electron chi connectivity index (χ0n) is 17.3. The number of aryl methyl sites for hydroxylation is 1. The van der Waals surface area contributed by atoms with Crippen molar-refractivity contribution in [3.8, 4) is 0 Å². The van der Waals surface area contributed by atoms with Gasteiger partial charge in [-0.05, 0) is 37.5 Å². The monoisotopic (exact) mass is 410 g/mol. The zero-order valence-corrected chi connectivity index (χ0v) is 17.3. The SMILES string of the molecule is CCNC(=NCC1(c2cccc(F)c2)CC1)NCCNc1ncnc2c1cnn2C. The van der Waals surface area contributed by atoms with Gasteiger partial charge in [-0.1, -0.05) is 12.1 Å². The molecular formula is C21H27FN8. The first-order chi connectivity index (χ1) is 14.6. The van der Waals surface area contributed by atoms with Crippen molar-refractivity contribution in [3.05, 3.63) is 48.2 Å². The Bertz CT molecular complexity index is 1040. The van der Waals surface area contributed by atoms with Gasteiger partial charge in [-0.25, -0.2) is 14.4 Å². The lowest BCUT2D eigenvalue weighted by atomic mass is 9.96. The van der Waals surface area contributed by atoms with Crippen LogP contribution in [0.25, 0.3) is 11.0 Å². The number of hydrogen-bond donors (Lipinski definition) is 3. The summed E-state index contributed by atoms with van der Waals surface area (Å²) < 4.78 is 15.3. The topological polar surface area (TPSA) is 92.1 Å². The van der Waals surface area contributed by atoms with Crippen LogP contribution in [0.3, 0.4) is 0 Å². The second kappa shape index (κ2) is 8.64. The fourth-order valence-electron chi connectivity index (χ4n) is 3.54. The zero-order chi connectivity index (χ0) is 21.0. The van der Waals surface area contributed by atoms with E-state index >= 15 is 0 Å². The minimum absolute atomic E-state index is 0.0322. The van der Waals surface area contributed by atoms with E-state index in [1.54, 1.807) is 23.0 Å². The number of aromatic nitrogens is 4. The summed E-state index contributed by atoms with van der Waals surface area (Å²) >= 11 is 0. The number of guanidine groups is 1. The molecule has 2 heterocycles. The third-order valence-corrected chi connectivity index (χ3v) is 5.41. The molecule has 3 aromatic rings. The first-order valence-electron chi connectivity index (χ1n) is 10.3. The molecule has 0 saturated heterocycles. The van der Waals surface area contributed by atoms with Crippen LogP contribution >= 0.6 is 0 Å². The predicted octanol–water partition coefficient (Wildman–Crippen LogP) is 2.20. The van der Waals surface area contributed by atoms with Crippen LogP contribution in [-0.2, 0) is 12.5 Å². The number of benzene rings is 1. The van der Waals surface area contributed by atoms with Crippen LogP contribution in [0.2, 0.25) is 0 Å². The van der Waals surface area contributed by atoms with Gasteiger partial charge in [-0.2, -0.15) is 5.10 Å². The highest BCUT2D eigenvalue weighted by molar-refractivity contribution is 5.86. The summed E-state index contributed by atoms with van der Waals surface area (Å²) in [6.07, 6.45) is 5.37. The van der Waals surface area contributed by atoms with E-state index in [1.165, 1.54) is 12.4 Å². The minimum atomic E-state index is -0.189. The largest absolute Gasteiger partial charge is 0.368 e. The average molecular weight is 411 g/mol. The molecule has 1 aliphatic rings. The van der Waals surface area contributed by atoms with Gasteiger partial charge in [0, 0.05) is 32.1 Å². The molecule has 1 saturated carbocycles. The van der Waals surface area contributed by atoms with Gasteiger partial charge in [0.1, 0.15) is 18.0 Å². The van der Waals surface area contributed by atoms with E-state index in [0.717, 1.165) is 47.8 Å². The summed E-state index contributed by atoms with van der Waals surface area (Å²) in [5.41, 5.74) is 1.80. The van der Waals surface area contributed by atoms with E-state index in [2.05, 4.69) is 31.0 Å². The maximum Gasteiger partial charge on any atom is 0.191 e. The van der Waals surface area contributed by atoms with Gasteiger partial charge in [0.2, 0.25) is 0 Å². The number of rotatable bonds is 8. The van der Waals surface area contributed by atoms with Gasteiger partial charge in [0.15, 0.2) is 11.6 Å². The number of halogens is 1. The van der Waals surface area contributed by atoms with Crippen molar-refractivity contribution in [1.82, 2.24) is 30.4 Å². The lowest BCUT2D eigenvalue weighted by molar-refractivity contribution is 0.615. The van der Waals surface area contributed by atoms with Crippen molar-refractivity contribution in [1.29, 1.82) is 0 Å². The van der Waals surface area contributed by atoms with Crippen molar-refractivity contribution in [3.63, 3.8) is 0 Å². The average Bonchev–Trinajstić information content (AvgIpc) is 3.45. The molecule has 30 heavy (non-hydrogen) atoms. The number of hydrogen-bond acceptors (Lipinski definition) is 5. The quantitative estimate of drug-likeness (QED) is 0.300. The highest BCUT2D eigenvalue weighted by atomic mass is 19.1. The third kappa shape index (κ3) is 4.34. The van der Waals surface area contributed by atoms with Crippen LogP contribution in [0.15, 0.2) is 41.8 Å². The van der Waals surface area contributed by atoms with Crippen LogP contribution in [0.1, 0.15) is 25.3 Å². The molecule has 4 rings (SSSR count). The molecule has 0 aliphatic heterocycles. The molecule has 0 spiro atoms. The Morgan fingerprint density at radius 3 is 2.87 bits per heavy atom. The molecule has 2 aromatic heterocycles. The third-order valence-electron chi connectivity index (χ3n) is 5.41. The number of nitrogens with zero attached hydrogens (tertiary/aromatic N) is 5. The summed E-state index contributed by atoms with van der Waals surface area (Å²) in [5, 5.41) is 15.1. The summed E-state index contributed by atoms with van der Waals surface area (Å²) in [4.78, 5) is 13.3. The molecule has 0 amide bonds. The standard InChI is InChI=1S/C21H27FN8/c1-3-23-20(26-13-21(7-8-21)15-5-4-6-16(22)11-15)25-10-9-24-18-17-12-29-30(2)19(17)28-14-27-18/h4-6,11-12,14H,3,7-10,13H2,1-2H3,(H2,23,25,26)(H,24,27,28). The van der Waals surface area contributed by atoms with Crippen LogP contribution in [0, 0.1) is 5.82 Å². The van der Waals surface area contributed by atoms with Crippen LogP contribution in [0.4, 0.5) is 10.2 Å². The van der Waals surface area contributed by atoms with Gasteiger partial charge in [0.05, 0.1) is 18.1 Å². The van der Waals surface area contributed by atoms with Gasteiger partial charge in [-0.15, -0.1) is 0 Å². The molecule has 1 aliphatic carbocycles. The summed E-state index contributed by atoms with van der Waals surface area (Å²) in [7, 11) is 1.86. The summed E-state index contributed by atoms with van der Waals surface area (Å²) in [6.45, 7) is 4.79. The first-order valence-corrected chi connectivity index (χ1v) is 10.3. The van der Waals surface area contributed by atoms with E-state index < -0.39 is 0 Å². The predicted molar refractivity (Wildman–Crippen MR) is 116 cm³/mol. The molecule has 0 atom stereocenters. The molecule has 8 nitrogen and oxygen atoms in total. The Balaban J connectivity index is 1.33. The van der Waals surface area contributed by atoms with E-state index in [9.17, 15) is 4.39 Å². The number of fused-ring (bicyclic) bond motifs is 1. The van der Waals surface area contributed by atoms with Gasteiger partial charge >= 0.3 is 0 Å². The Hall–Kier alpha value is -3.23. The molecule has 9 heteroatoms. The molecule has 0 unspecified atom stereocenters. The molecule has 1 aromatic carbocycles. The fraction of sp³-hybridized carbons (Fsp3) is 0.429. The summed E-state index contributed by atoms with van der Waals surface area (Å²) in [6, 6.07) is 6.89. The maximum absolute atomic E-state index is 13.6. The minimum Gasteiger partial charge on any atom is -0.368 e. The molecular weight excluding hydrogens is 383 g/mol. The Labute approximate surface area is 175 Å². The van der Waals surface area contributed by atoms with Crippen molar-refractivity contribution in [2.75, 3.05) is 31.5 Å². The summed E-state index contributed by atoms with van der Waals surface area (Å²) in [5.74, 6) is 1.34. The van der Waals surface area contributed by atoms with Gasteiger partial charge in [0.25, 0.3) is 0 Å². The maximum atomic E-state index is 13.6. The molecule has 1 fully saturated rings. The van der Waals surface area contributed by atoms with Crippen LogP contribution in [0.5, 0.6) is 0 Å². The van der Waals surface area contributed by atoms with Crippen LogP contribution in [-0.4, -0.2) is 51.9 Å². The van der Waals surface area contributed by atoms with E-state index in [4.69, 9.17) is 4.99 Å². The van der Waals surface area contributed by atoms with Crippen molar-refractivity contribution < 1.29 is 4.39 Å². The lowest BCUT2D eigenvalue weighted by Crippen LogP contribution is -2.40. The van der Waals surface area contributed by atoms with Crippen molar-refractivity contribution in [2.45, 2.75) is 25.2 Å². The normalized spacial score (nSPS) is 15.2. The van der Waals surface area contributed by atoms with E-state index in [1.807, 2.05) is 20.0 Å². The van der Waals surface area contributed by atoms with Gasteiger partial charge in [-0.3, -0.25) is 9.67 Å². The fourth-order valence-corrected chi connectivity index (χ4v) is 3.54. The highest BCUT2D eigenvalue weighted by Crippen LogP contribution is 2.48. The first kappa shape index (κ1) is 20.1.